The van der Waals surface area contributed by atoms with E-state index in [1.165, 1.54) is 5.56 Å². The zero-order chi connectivity index (χ0) is 19.4. The van der Waals surface area contributed by atoms with Crippen LogP contribution in [0.25, 0.3) is 0 Å². The maximum atomic E-state index is 13.3. The molecule has 0 fully saturated rings. The molecule has 0 saturated carbocycles. The maximum absolute atomic E-state index is 13.3. The summed E-state index contributed by atoms with van der Waals surface area (Å²) < 4.78 is 0. The van der Waals surface area contributed by atoms with Gasteiger partial charge in [-0.25, -0.2) is 4.79 Å². The van der Waals surface area contributed by atoms with Crippen LogP contribution in [0.15, 0.2) is 48.5 Å². The van der Waals surface area contributed by atoms with Gasteiger partial charge in [-0.2, -0.15) is 0 Å². The van der Waals surface area contributed by atoms with Crippen LogP contribution < -0.4 is 16.0 Å². The first-order valence-corrected chi connectivity index (χ1v) is 9.32. The molecule has 27 heavy (non-hydrogen) atoms. The van der Waals surface area contributed by atoms with Crippen molar-refractivity contribution in [1.29, 1.82) is 0 Å². The third-order valence-corrected chi connectivity index (χ3v) is 6.00. The fraction of sp³-hybridized carbons (Fsp3) is 0.364. The predicted octanol–water partition coefficient (Wildman–Crippen LogP) is 3.10. The monoisotopic (exact) mass is 363 g/mol. The molecular formula is C22H25N3O2. The summed E-state index contributed by atoms with van der Waals surface area (Å²) in [6.07, 6.45) is 1.25. The second-order valence-corrected chi connectivity index (χ2v) is 8.44. The Morgan fingerprint density at radius 1 is 1.11 bits per heavy atom. The van der Waals surface area contributed by atoms with E-state index in [1.54, 1.807) is 0 Å². The fourth-order valence-corrected chi connectivity index (χ4v) is 5.03. The summed E-state index contributed by atoms with van der Waals surface area (Å²) in [4.78, 5) is 26.5. The third-order valence-electron chi connectivity index (χ3n) is 6.00. The number of nitrogens with two attached hydrogens (primary N) is 1. The van der Waals surface area contributed by atoms with Gasteiger partial charge in [0.05, 0.1) is 5.69 Å². The molecule has 0 bridgehead atoms. The van der Waals surface area contributed by atoms with Crippen LogP contribution in [0.5, 0.6) is 0 Å². The lowest BCUT2D eigenvalue weighted by Crippen LogP contribution is -2.63. The van der Waals surface area contributed by atoms with Crippen molar-refractivity contribution >= 4 is 17.6 Å². The Morgan fingerprint density at radius 3 is 2.48 bits per heavy atom. The minimum Gasteiger partial charge on any atom is -0.352 e. The summed E-state index contributed by atoms with van der Waals surface area (Å²) in [6.45, 7) is 6.45. The van der Waals surface area contributed by atoms with E-state index in [4.69, 9.17) is 5.73 Å². The number of rotatable bonds is 2. The first-order chi connectivity index (χ1) is 12.7. The summed E-state index contributed by atoms with van der Waals surface area (Å²) in [7, 11) is 0. The molecule has 3 N–H and O–H groups in total. The van der Waals surface area contributed by atoms with Crippen molar-refractivity contribution in [3.63, 3.8) is 0 Å². The normalized spacial score (nSPS) is 25.7. The van der Waals surface area contributed by atoms with Gasteiger partial charge in [0, 0.05) is 17.4 Å². The predicted molar refractivity (Wildman–Crippen MR) is 106 cm³/mol. The molecule has 140 valence electrons. The Labute approximate surface area is 159 Å². The number of para-hydroxylation sites is 1. The minimum atomic E-state index is -0.670. The SMILES string of the molecule is CC1(c2ccccc2)CC(C)(C)N2C(=O)[C@H](NC(N)=O)Cc3cccc1c32. The third kappa shape index (κ3) is 2.60. The number of urea groups is 1. The number of primary amides is 1. The van der Waals surface area contributed by atoms with Crippen molar-refractivity contribution in [2.45, 2.75) is 50.6 Å². The molecule has 4 rings (SSSR count). The molecule has 0 saturated heterocycles. The molecule has 0 aromatic heterocycles. The van der Waals surface area contributed by atoms with Gasteiger partial charge < -0.3 is 16.0 Å². The molecule has 0 spiro atoms. The van der Waals surface area contributed by atoms with Crippen LogP contribution in [0.1, 0.15) is 43.9 Å². The molecule has 5 heteroatoms. The van der Waals surface area contributed by atoms with Gasteiger partial charge in [0.15, 0.2) is 0 Å². The zero-order valence-corrected chi connectivity index (χ0v) is 16.0. The van der Waals surface area contributed by atoms with Crippen LogP contribution in [-0.2, 0) is 16.6 Å². The molecule has 0 aliphatic carbocycles. The van der Waals surface area contributed by atoms with Crippen LogP contribution in [0.4, 0.5) is 10.5 Å². The number of anilines is 1. The van der Waals surface area contributed by atoms with Gasteiger partial charge in [-0.3, -0.25) is 4.79 Å². The number of hydrogen-bond donors (Lipinski definition) is 2. The number of carbonyl (C=O) groups is 2. The number of benzene rings is 2. The Hall–Kier alpha value is -2.82. The molecule has 2 aliphatic rings. The lowest BCUT2D eigenvalue weighted by atomic mass is 9.64. The summed E-state index contributed by atoms with van der Waals surface area (Å²) in [5.41, 5.74) is 9.18. The van der Waals surface area contributed by atoms with Gasteiger partial charge in [0.1, 0.15) is 6.04 Å². The van der Waals surface area contributed by atoms with E-state index in [0.717, 1.165) is 23.2 Å². The second kappa shape index (κ2) is 5.84. The Kier molecular flexibility index (Phi) is 3.81. The lowest BCUT2D eigenvalue weighted by molar-refractivity contribution is -0.122. The number of amides is 3. The van der Waals surface area contributed by atoms with Gasteiger partial charge in [-0.1, -0.05) is 55.5 Å². The summed E-state index contributed by atoms with van der Waals surface area (Å²) in [5, 5.41) is 2.62. The summed E-state index contributed by atoms with van der Waals surface area (Å²) >= 11 is 0. The highest BCUT2D eigenvalue weighted by Crippen LogP contribution is 2.53. The molecule has 2 aromatic carbocycles. The minimum absolute atomic E-state index is 0.0890. The molecule has 0 radical (unpaired) electrons. The van der Waals surface area contributed by atoms with E-state index in [9.17, 15) is 9.59 Å². The van der Waals surface area contributed by atoms with E-state index in [2.05, 4.69) is 56.4 Å². The van der Waals surface area contributed by atoms with Crippen molar-refractivity contribution in [3.05, 3.63) is 65.2 Å². The van der Waals surface area contributed by atoms with Crippen molar-refractivity contribution in [2.24, 2.45) is 5.73 Å². The largest absolute Gasteiger partial charge is 0.352 e. The molecule has 3 amide bonds. The number of nitrogens with zero attached hydrogens (tertiary/aromatic N) is 1. The summed E-state index contributed by atoms with van der Waals surface area (Å²) in [6, 6.07) is 15.4. The topological polar surface area (TPSA) is 75.4 Å². The highest BCUT2D eigenvalue weighted by molar-refractivity contribution is 6.04. The fourth-order valence-electron chi connectivity index (χ4n) is 5.03. The highest BCUT2D eigenvalue weighted by atomic mass is 16.2. The van der Waals surface area contributed by atoms with Crippen molar-refractivity contribution < 1.29 is 9.59 Å². The van der Waals surface area contributed by atoms with Gasteiger partial charge in [0.25, 0.3) is 0 Å². The standard InChI is InChI=1S/C22H25N3O2/c1-21(2)13-22(3,15-9-5-4-6-10-15)16-11-7-8-14-12-17(24-20(23)27)19(26)25(21)18(14)16/h4-11,17H,12-13H2,1-3H3,(H3,23,24,27)/t17-,22?/m1/s1. The van der Waals surface area contributed by atoms with Gasteiger partial charge in [-0.05, 0) is 37.0 Å². The van der Waals surface area contributed by atoms with Crippen LogP contribution in [0.2, 0.25) is 0 Å². The average molecular weight is 363 g/mol. The molecule has 2 atom stereocenters. The number of hydrogen-bond acceptors (Lipinski definition) is 2. The van der Waals surface area contributed by atoms with Gasteiger partial charge in [0.2, 0.25) is 5.91 Å². The summed E-state index contributed by atoms with van der Waals surface area (Å²) in [5.74, 6) is -0.0890. The Balaban J connectivity index is 1.93. The van der Waals surface area contributed by atoms with E-state index in [1.807, 2.05) is 23.1 Å². The highest BCUT2D eigenvalue weighted by Gasteiger charge is 2.51. The van der Waals surface area contributed by atoms with Crippen molar-refractivity contribution in [1.82, 2.24) is 5.32 Å². The van der Waals surface area contributed by atoms with E-state index < -0.39 is 17.6 Å². The molecule has 2 heterocycles. The lowest BCUT2D eigenvalue weighted by Gasteiger charge is -2.54. The quantitative estimate of drug-likeness (QED) is 0.860. The Morgan fingerprint density at radius 2 is 1.81 bits per heavy atom. The van der Waals surface area contributed by atoms with E-state index in [0.29, 0.717) is 6.42 Å². The van der Waals surface area contributed by atoms with Crippen molar-refractivity contribution in [3.8, 4) is 0 Å². The van der Waals surface area contributed by atoms with Gasteiger partial charge in [-0.15, -0.1) is 0 Å². The molecule has 2 aromatic rings. The Bertz CT molecular complexity index is 922. The number of nitrogens with one attached hydrogen (secondary N) is 1. The second-order valence-electron chi connectivity index (χ2n) is 8.44. The average Bonchev–Trinajstić information content (AvgIpc) is 2.61. The maximum Gasteiger partial charge on any atom is 0.312 e. The molecular weight excluding hydrogens is 338 g/mol. The van der Waals surface area contributed by atoms with Crippen LogP contribution in [0.3, 0.4) is 0 Å². The number of carbonyl (C=O) groups excluding carboxylic acids is 2. The van der Waals surface area contributed by atoms with E-state index >= 15 is 0 Å². The smallest absolute Gasteiger partial charge is 0.312 e. The molecule has 5 nitrogen and oxygen atoms in total. The van der Waals surface area contributed by atoms with E-state index in [-0.39, 0.29) is 11.3 Å². The van der Waals surface area contributed by atoms with Gasteiger partial charge >= 0.3 is 6.03 Å². The van der Waals surface area contributed by atoms with Crippen LogP contribution >= 0.6 is 0 Å². The first-order valence-electron chi connectivity index (χ1n) is 9.32. The molecule has 2 aliphatic heterocycles. The van der Waals surface area contributed by atoms with Crippen LogP contribution in [-0.4, -0.2) is 23.5 Å². The first kappa shape index (κ1) is 17.6. The zero-order valence-electron chi connectivity index (χ0n) is 16.0. The molecule has 1 unspecified atom stereocenters. The van der Waals surface area contributed by atoms with Crippen molar-refractivity contribution in [2.75, 3.05) is 4.90 Å². The van der Waals surface area contributed by atoms with Crippen LogP contribution in [0, 0.1) is 0 Å².